The van der Waals surface area contributed by atoms with E-state index in [4.69, 9.17) is 0 Å². The van der Waals surface area contributed by atoms with Gasteiger partial charge in [0.25, 0.3) is 5.91 Å². The number of nitrogens with one attached hydrogen (secondary N) is 1. The molecule has 2 aromatic carbocycles. The van der Waals surface area contributed by atoms with Crippen LogP contribution in [0.5, 0.6) is 0 Å². The Morgan fingerprint density at radius 1 is 1.07 bits per heavy atom. The normalized spacial score (nSPS) is 20.0. The predicted molar refractivity (Wildman–Crippen MR) is 104 cm³/mol. The fourth-order valence-corrected chi connectivity index (χ4v) is 3.00. The lowest BCUT2D eigenvalue weighted by Crippen LogP contribution is -2.51. The van der Waals surface area contributed by atoms with Crippen LogP contribution in [0, 0.1) is 11.6 Å². The van der Waals surface area contributed by atoms with Gasteiger partial charge in [-0.15, -0.1) is 0 Å². The SMILES string of the molecule is CC1=CC=CC2=NC(Nc3ccccc3F)C(=Nc3ccccc3F)C(=O)N12. The average molecular weight is 378 g/mol. The van der Waals surface area contributed by atoms with Gasteiger partial charge in [0.15, 0.2) is 11.9 Å². The van der Waals surface area contributed by atoms with Crippen LogP contribution in [-0.2, 0) is 4.79 Å². The van der Waals surface area contributed by atoms with Gasteiger partial charge in [0.2, 0.25) is 0 Å². The highest BCUT2D eigenvalue weighted by atomic mass is 19.1. The number of rotatable bonds is 3. The molecule has 4 rings (SSSR count). The van der Waals surface area contributed by atoms with Crippen molar-refractivity contribution in [1.29, 1.82) is 0 Å². The van der Waals surface area contributed by atoms with Crippen LogP contribution in [0.25, 0.3) is 0 Å². The number of amidine groups is 1. The van der Waals surface area contributed by atoms with Crippen molar-refractivity contribution in [3.63, 3.8) is 0 Å². The molecule has 0 saturated heterocycles. The smallest absolute Gasteiger partial charge is 0.282 e. The molecule has 2 aliphatic rings. The molecule has 1 amide bonds. The number of amides is 1. The first-order valence-corrected chi connectivity index (χ1v) is 8.66. The molecule has 0 radical (unpaired) electrons. The van der Waals surface area contributed by atoms with Crippen LogP contribution in [0.15, 0.2) is 82.4 Å². The first kappa shape index (κ1) is 17.8. The highest BCUT2D eigenvalue weighted by Crippen LogP contribution is 2.25. The van der Waals surface area contributed by atoms with Gasteiger partial charge < -0.3 is 5.32 Å². The average Bonchev–Trinajstić information content (AvgIpc) is 2.68. The molecule has 140 valence electrons. The minimum Gasteiger partial charge on any atom is -0.356 e. The van der Waals surface area contributed by atoms with Gasteiger partial charge in [-0.2, -0.15) is 0 Å². The third-order valence-electron chi connectivity index (χ3n) is 4.37. The number of nitrogens with zero attached hydrogens (tertiary/aromatic N) is 3. The van der Waals surface area contributed by atoms with E-state index < -0.39 is 23.7 Å². The minimum absolute atomic E-state index is 0.0130. The van der Waals surface area contributed by atoms with E-state index in [0.717, 1.165) is 0 Å². The summed E-state index contributed by atoms with van der Waals surface area (Å²) < 4.78 is 28.3. The van der Waals surface area contributed by atoms with Crippen molar-refractivity contribution >= 4 is 28.8 Å². The van der Waals surface area contributed by atoms with Crippen LogP contribution in [0.2, 0.25) is 0 Å². The highest BCUT2D eigenvalue weighted by molar-refractivity contribution is 6.46. The number of halogens is 2. The second-order valence-electron chi connectivity index (χ2n) is 6.27. The van der Waals surface area contributed by atoms with Crippen molar-refractivity contribution in [1.82, 2.24) is 4.90 Å². The van der Waals surface area contributed by atoms with Crippen LogP contribution in [0.4, 0.5) is 20.2 Å². The Morgan fingerprint density at radius 2 is 1.79 bits per heavy atom. The van der Waals surface area contributed by atoms with E-state index in [9.17, 15) is 13.6 Å². The van der Waals surface area contributed by atoms with Crippen molar-refractivity contribution in [2.45, 2.75) is 13.1 Å². The number of allylic oxidation sites excluding steroid dienone is 3. The maximum atomic E-state index is 14.1. The van der Waals surface area contributed by atoms with Crippen molar-refractivity contribution in [2.75, 3.05) is 5.32 Å². The fourth-order valence-electron chi connectivity index (χ4n) is 3.00. The van der Waals surface area contributed by atoms with Crippen LogP contribution in [-0.4, -0.2) is 28.5 Å². The number of para-hydroxylation sites is 2. The lowest BCUT2D eigenvalue weighted by molar-refractivity contribution is -0.119. The molecule has 1 N–H and O–H groups in total. The monoisotopic (exact) mass is 378 g/mol. The molecule has 2 aliphatic heterocycles. The number of fused-ring (bicyclic) bond motifs is 1. The molecule has 0 aliphatic carbocycles. The standard InChI is InChI=1S/C21H16F2N4O/c1-13-7-6-12-18-26-20(25-17-11-5-3-9-15(17)23)19(21(28)27(13)18)24-16-10-4-2-8-14(16)22/h2-12,20,25H,1H3. The van der Waals surface area contributed by atoms with Crippen LogP contribution in [0.3, 0.4) is 0 Å². The summed E-state index contributed by atoms with van der Waals surface area (Å²) in [7, 11) is 0. The zero-order valence-electron chi connectivity index (χ0n) is 14.9. The zero-order chi connectivity index (χ0) is 19.7. The zero-order valence-corrected chi connectivity index (χ0v) is 14.9. The second kappa shape index (κ2) is 7.19. The van der Waals surface area contributed by atoms with Gasteiger partial charge >= 0.3 is 0 Å². The van der Waals surface area contributed by atoms with Gasteiger partial charge in [0.1, 0.15) is 17.5 Å². The third kappa shape index (κ3) is 3.22. The number of aliphatic imine (C=N–C) groups is 2. The van der Waals surface area contributed by atoms with Crippen LogP contribution in [0.1, 0.15) is 6.92 Å². The Hall–Kier alpha value is -3.61. The van der Waals surface area contributed by atoms with Gasteiger partial charge in [-0.3, -0.25) is 9.69 Å². The first-order valence-electron chi connectivity index (χ1n) is 8.66. The molecule has 2 aromatic rings. The summed E-state index contributed by atoms with van der Waals surface area (Å²) >= 11 is 0. The molecule has 0 bridgehead atoms. The lowest BCUT2D eigenvalue weighted by atomic mass is 10.1. The van der Waals surface area contributed by atoms with Crippen LogP contribution >= 0.6 is 0 Å². The molecule has 1 atom stereocenters. The second-order valence-corrected chi connectivity index (χ2v) is 6.27. The van der Waals surface area contributed by atoms with Gasteiger partial charge in [-0.25, -0.2) is 18.8 Å². The van der Waals surface area contributed by atoms with E-state index in [1.807, 2.05) is 0 Å². The summed E-state index contributed by atoms with van der Waals surface area (Å²) in [5, 5.41) is 2.90. The van der Waals surface area contributed by atoms with Gasteiger partial charge in [-0.1, -0.05) is 30.3 Å². The molecule has 7 heteroatoms. The molecule has 2 heterocycles. The van der Waals surface area contributed by atoms with Gasteiger partial charge in [0.05, 0.1) is 11.4 Å². The topological polar surface area (TPSA) is 57.1 Å². The Labute approximate surface area is 160 Å². The van der Waals surface area contributed by atoms with E-state index in [0.29, 0.717) is 11.5 Å². The fraction of sp³-hybridized carbons (Fsp3) is 0.0952. The maximum Gasteiger partial charge on any atom is 0.282 e. The largest absolute Gasteiger partial charge is 0.356 e. The third-order valence-corrected chi connectivity index (χ3v) is 4.37. The van der Waals surface area contributed by atoms with E-state index in [-0.39, 0.29) is 17.1 Å². The number of anilines is 1. The van der Waals surface area contributed by atoms with Crippen molar-refractivity contribution < 1.29 is 13.6 Å². The summed E-state index contributed by atoms with van der Waals surface area (Å²) in [4.78, 5) is 23.3. The number of hydrogen-bond donors (Lipinski definition) is 1. The summed E-state index contributed by atoms with van der Waals surface area (Å²) in [6.45, 7) is 1.77. The number of carbonyl (C=O) groups is 1. The summed E-state index contributed by atoms with van der Waals surface area (Å²) in [5.74, 6) is -1.09. The van der Waals surface area contributed by atoms with E-state index in [1.165, 1.54) is 35.2 Å². The van der Waals surface area contributed by atoms with Gasteiger partial charge in [-0.05, 0) is 43.3 Å². The lowest BCUT2D eigenvalue weighted by Gasteiger charge is -2.33. The van der Waals surface area contributed by atoms with E-state index >= 15 is 0 Å². The van der Waals surface area contributed by atoms with Crippen molar-refractivity contribution in [3.05, 3.63) is 84.1 Å². The number of benzene rings is 2. The molecular weight excluding hydrogens is 362 g/mol. The van der Waals surface area contributed by atoms with Gasteiger partial charge in [0, 0.05) is 5.70 Å². The minimum atomic E-state index is -0.967. The Morgan fingerprint density at radius 3 is 2.54 bits per heavy atom. The molecule has 0 saturated carbocycles. The summed E-state index contributed by atoms with van der Waals surface area (Å²) in [5.41, 5.74) is 0.822. The van der Waals surface area contributed by atoms with Crippen molar-refractivity contribution in [2.24, 2.45) is 9.98 Å². The molecule has 1 unspecified atom stereocenters. The number of hydrogen-bond acceptors (Lipinski definition) is 4. The molecule has 5 nitrogen and oxygen atoms in total. The quantitative estimate of drug-likeness (QED) is 0.871. The summed E-state index contributed by atoms with van der Waals surface area (Å²) in [6, 6.07) is 11.9. The Kier molecular flexibility index (Phi) is 4.57. The highest BCUT2D eigenvalue weighted by Gasteiger charge is 2.36. The first-order chi connectivity index (χ1) is 13.5. The Balaban J connectivity index is 1.82. The predicted octanol–water partition coefficient (Wildman–Crippen LogP) is 4.19. The Bertz CT molecular complexity index is 1070. The maximum absolute atomic E-state index is 14.1. The molecule has 0 aromatic heterocycles. The number of carbonyl (C=O) groups excluding carboxylic acids is 1. The summed E-state index contributed by atoms with van der Waals surface area (Å²) in [6.07, 6.45) is 4.26. The van der Waals surface area contributed by atoms with Crippen molar-refractivity contribution in [3.8, 4) is 0 Å². The molecular formula is C21H16F2N4O. The van der Waals surface area contributed by atoms with E-state index in [2.05, 4.69) is 15.3 Å². The molecule has 0 fully saturated rings. The molecule has 0 spiro atoms. The van der Waals surface area contributed by atoms with Crippen LogP contribution < -0.4 is 5.32 Å². The van der Waals surface area contributed by atoms with E-state index in [1.54, 1.807) is 43.4 Å². The molecule has 28 heavy (non-hydrogen) atoms.